The second-order valence-corrected chi connectivity index (χ2v) is 8.74. The average Bonchev–Trinajstić information content (AvgIpc) is 2.93. The number of hydrogen-bond donors (Lipinski definition) is 2. The average molecular weight is 439 g/mol. The minimum absolute atomic E-state index is 0.000225. The Hall–Kier alpha value is -2.29. The highest BCUT2D eigenvalue weighted by Crippen LogP contribution is 2.31. The standard InChI is InChI=1S/C20H23ClN2O5S/c21-16-4-1-3-15(13-16)7-9-22-20(24)8-10-23-29(25,26)17-5-6-18-19(14-17)28-12-2-11-27-18/h1,3-6,13-14,23H,2,7-12H2,(H,22,24). The molecule has 0 unspecified atom stereocenters. The summed E-state index contributed by atoms with van der Waals surface area (Å²) in [6, 6.07) is 11.9. The first-order valence-electron chi connectivity index (χ1n) is 9.34. The first-order valence-corrected chi connectivity index (χ1v) is 11.2. The fourth-order valence-corrected chi connectivity index (χ4v) is 4.08. The molecule has 0 bridgehead atoms. The number of halogens is 1. The third-order valence-electron chi connectivity index (χ3n) is 4.30. The maximum Gasteiger partial charge on any atom is 0.240 e. The Morgan fingerprint density at radius 1 is 1.03 bits per heavy atom. The van der Waals surface area contributed by atoms with Gasteiger partial charge in [0.25, 0.3) is 0 Å². The van der Waals surface area contributed by atoms with Crippen molar-refractivity contribution in [3.8, 4) is 11.5 Å². The van der Waals surface area contributed by atoms with Crippen molar-refractivity contribution in [2.75, 3.05) is 26.3 Å². The molecule has 0 fully saturated rings. The zero-order valence-electron chi connectivity index (χ0n) is 15.8. The summed E-state index contributed by atoms with van der Waals surface area (Å²) < 4.78 is 38.4. The Balaban J connectivity index is 1.45. The van der Waals surface area contributed by atoms with E-state index in [0.29, 0.717) is 42.7 Å². The summed E-state index contributed by atoms with van der Waals surface area (Å²) >= 11 is 5.93. The van der Waals surface area contributed by atoms with E-state index in [9.17, 15) is 13.2 Å². The Morgan fingerprint density at radius 3 is 2.62 bits per heavy atom. The molecule has 2 aromatic rings. The Bertz CT molecular complexity index is 965. The smallest absolute Gasteiger partial charge is 0.240 e. The van der Waals surface area contributed by atoms with Gasteiger partial charge in [0.2, 0.25) is 15.9 Å². The molecule has 1 amide bonds. The molecular weight excluding hydrogens is 416 g/mol. The van der Waals surface area contributed by atoms with E-state index >= 15 is 0 Å². The zero-order valence-corrected chi connectivity index (χ0v) is 17.4. The molecule has 156 valence electrons. The van der Waals surface area contributed by atoms with E-state index < -0.39 is 10.0 Å². The van der Waals surface area contributed by atoms with Crippen LogP contribution in [0.1, 0.15) is 18.4 Å². The molecular formula is C20H23ClN2O5S. The summed E-state index contributed by atoms with van der Waals surface area (Å²) in [6.45, 7) is 1.46. The van der Waals surface area contributed by atoms with Crippen molar-refractivity contribution < 1.29 is 22.7 Å². The predicted octanol–water partition coefficient (Wildman–Crippen LogP) is 2.53. The van der Waals surface area contributed by atoms with Crippen LogP contribution in [0.5, 0.6) is 11.5 Å². The van der Waals surface area contributed by atoms with Crippen molar-refractivity contribution in [3.63, 3.8) is 0 Å². The first kappa shape index (κ1) is 21.4. The van der Waals surface area contributed by atoms with Gasteiger partial charge in [0.05, 0.1) is 18.1 Å². The van der Waals surface area contributed by atoms with Gasteiger partial charge < -0.3 is 14.8 Å². The number of benzene rings is 2. The Labute approximate surface area is 175 Å². The van der Waals surface area contributed by atoms with Crippen molar-refractivity contribution in [1.29, 1.82) is 0 Å². The number of ether oxygens (including phenoxy) is 2. The molecule has 29 heavy (non-hydrogen) atoms. The van der Waals surface area contributed by atoms with Crippen molar-refractivity contribution in [3.05, 3.63) is 53.1 Å². The number of rotatable bonds is 8. The van der Waals surface area contributed by atoms with Crippen LogP contribution in [0.25, 0.3) is 0 Å². The van der Waals surface area contributed by atoms with Gasteiger partial charge in [0.1, 0.15) is 0 Å². The Morgan fingerprint density at radius 2 is 1.83 bits per heavy atom. The van der Waals surface area contributed by atoms with Gasteiger partial charge in [0, 0.05) is 37.0 Å². The lowest BCUT2D eigenvalue weighted by Gasteiger charge is -2.11. The van der Waals surface area contributed by atoms with E-state index in [0.717, 1.165) is 12.0 Å². The minimum atomic E-state index is -3.75. The summed E-state index contributed by atoms with van der Waals surface area (Å²) in [5.41, 5.74) is 1.02. The summed E-state index contributed by atoms with van der Waals surface area (Å²) in [7, 11) is -3.75. The normalized spacial score (nSPS) is 13.6. The highest BCUT2D eigenvalue weighted by atomic mass is 35.5. The first-order chi connectivity index (χ1) is 13.9. The highest BCUT2D eigenvalue weighted by molar-refractivity contribution is 7.89. The quantitative estimate of drug-likeness (QED) is 0.660. The third-order valence-corrected chi connectivity index (χ3v) is 5.99. The molecule has 2 N–H and O–H groups in total. The molecule has 7 nitrogen and oxygen atoms in total. The molecule has 1 aliphatic rings. The number of sulfonamides is 1. The van der Waals surface area contributed by atoms with Crippen LogP contribution in [0, 0.1) is 0 Å². The number of fused-ring (bicyclic) bond motifs is 1. The summed E-state index contributed by atoms with van der Waals surface area (Å²) in [5, 5.41) is 3.42. The van der Waals surface area contributed by atoms with Gasteiger partial charge >= 0.3 is 0 Å². The summed E-state index contributed by atoms with van der Waals surface area (Å²) in [4.78, 5) is 12.0. The largest absolute Gasteiger partial charge is 0.490 e. The van der Waals surface area contributed by atoms with Crippen LogP contribution >= 0.6 is 11.6 Å². The number of hydrogen-bond acceptors (Lipinski definition) is 5. The fraction of sp³-hybridized carbons (Fsp3) is 0.350. The van der Waals surface area contributed by atoms with Crippen LogP contribution in [0.3, 0.4) is 0 Å². The van der Waals surface area contributed by atoms with Gasteiger partial charge in [-0.3, -0.25) is 4.79 Å². The van der Waals surface area contributed by atoms with Crippen LogP contribution in [-0.2, 0) is 21.2 Å². The second kappa shape index (κ2) is 9.96. The third kappa shape index (κ3) is 6.35. The number of nitrogens with one attached hydrogen (secondary N) is 2. The van der Waals surface area contributed by atoms with Crippen LogP contribution in [-0.4, -0.2) is 40.6 Å². The van der Waals surface area contributed by atoms with Crippen molar-refractivity contribution in [2.24, 2.45) is 0 Å². The van der Waals surface area contributed by atoms with E-state index in [1.165, 1.54) is 12.1 Å². The number of carbonyl (C=O) groups excluding carboxylic acids is 1. The number of amides is 1. The molecule has 0 aromatic heterocycles. The zero-order chi connectivity index (χ0) is 20.7. The molecule has 0 radical (unpaired) electrons. The number of carbonyl (C=O) groups is 1. The predicted molar refractivity (Wildman–Crippen MR) is 110 cm³/mol. The van der Waals surface area contributed by atoms with Gasteiger partial charge in [-0.15, -0.1) is 0 Å². The lowest BCUT2D eigenvalue weighted by Crippen LogP contribution is -2.31. The van der Waals surface area contributed by atoms with Crippen LogP contribution in [0.4, 0.5) is 0 Å². The molecule has 0 spiro atoms. The lowest BCUT2D eigenvalue weighted by molar-refractivity contribution is -0.120. The molecule has 0 saturated carbocycles. The van der Waals surface area contributed by atoms with Gasteiger partial charge in [-0.25, -0.2) is 13.1 Å². The maximum absolute atomic E-state index is 12.5. The molecule has 1 aliphatic heterocycles. The molecule has 2 aromatic carbocycles. The van der Waals surface area contributed by atoms with Crippen LogP contribution in [0.15, 0.2) is 47.4 Å². The van der Waals surface area contributed by atoms with Gasteiger partial charge in [-0.1, -0.05) is 23.7 Å². The summed E-state index contributed by atoms with van der Waals surface area (Å²) in [6.07, 6.45) is 1.43. The van der Waals surface area contributed by atoms with Gasteiger partial charge in [-0.05, 0) is 36.2 Å². The van der Waals surface area contributed by atoms with E-state index in [1.807, 2.05) is 18.2 Å². The molecule has 9 heteroatoms. The van der Waals surface area contributed by atoms with E-state index in [4.69, 9.17) is 21.1 Å². The highest BCUT2D eigenvalue weighted by Gasteiger charge is 2.18. The van der Waals surface area contributed by atoms with Crippen LogP contribution < -0.4 is 19.5 Å². The molecule has 1 heterocycles. The molecule has 3 rings (SSSR count). The van der Waals surface area contributed by atoms with E-state index in [-0.39, 0.29) is 23.8 Å². The lowest BCUT2D eigenvalue weighted by atomic mass is 10.1. The SMILES string of the molecule is O=C(CCNS(=O)(=O)c1ccc2c(c1)OCCCO2)NCCc1cccc(Cl)c1. The van der Waals surface area contributed by atoms with Crippen molar-refractivity contribution >= 4 is 27.5 Å². The maximum atomic E-state index is 12.5. The topological polar surface area (TPSA) is 93.7 Å². The van der Waals surface area contributed by atoms with Gasteiger partial charge in [-0.2, -0.15) is 0 Å². The minimum Gasteiger partial charge on any atom is -0.490 e. The van der Waals surface area contributed by atoms with Crippen molar-refractivity contribution in [1.82, 2.24) is 10.0 Å². The monoisotopic (exact) mass is 438 g/mol. The second-order valence-electron chi connectivity index (χ2n) is 6.54. The molecule has 0 aliphatic carbocycles. The fourth-order valence-electron chi connectivity index (χ4n) is 2.82. The molecule has 0 saturated heterocycles. The summed E-state index contributed by atoms with van der Waals surface area (Å²) in [5.74, 6) is 0.707. The molecule has 0 atom stereocenters. The van der Waals surface area contributed by atoms with Crippen LogP contribution in [0.2, 0.25) is 5.02 Å². The van der Waals surface area contributed by atoms with Gasteiger partial charge in [0.15, 0.2) is 11.5 Å². The van der Waals surface area contributed by atoms with E-state index in [2.05, 4.69) is 10.0 Å². The van der Waals surface area contributed by atoms with Crippen molar-refractivity contribution in [2.45, 2.75) is 24.2 Å². The van der Waals surface area contributed by atoms with E-state index in [1.54, 1.807) is 12.1 Å². The Kier molecular flexibility index (Phi) is 7.35.